The molecule has 0 bridgehead atoms. The molecule has 0 saturated carbocycles. The van der Waals surface area contributed by atoms with Gasteiger partial charge in [-0.15, -0.1) is 5.10 Å². The first-order valence-corrected chi connectivity index (χ1v) is 4.69. The van der Waals surface area contributed by atoms with Gasteiger partial charge < -0.3 is 0 Å². The van der Waals surface area contributed by atoms with Crippen molar-refractivity contribution in [2.24, 2.45) is 5.41 Å². The van der Waals surface area contributed by atoms with Gasteiger partial charge in [0.05, 0.1) is 11.7 Å². The molecule has 2 aromatic heterocycles. The first kappa shape index (κ1) is 9.12. The van der Waals surface area contributed by atoms with Gasteiger partial charge >= 0.3 is 0 Å². The summed E-state index contributed by atoms with van der Waals surface area (Å²) in [6.07, 6.45) is 3.51. The lowest BCUT2D eigenvalue weighted by atomic mass is 9.97. The van der Waals surface area contributed by atoms with Crippen LogP contribution in [-0.2, 0) is 6.54 Å². The Kier molecular flexibility index (Phi) is 1.98. The van der Waals surface area contributed by atoms with Gasteiger partial charge in [-0.25, -0.2) is 4.68 Å². The normalized spacial score (nSPS) is 12.2. The maximum Gasteiger partial charge on any atom is 0.131 e. The second-order valence-corrected chi connectivity index (χ2v) is 4.67. The van der Waals surface area contributed by atoms with Gasteiger partial charge in [0.2, 0.25) is 0 Å². The van der Waals surface area contributed by atoms with Gasteiger partial charge in [-0.3, -0.25) is 4.98 Å². The Hall–Kier alpha value is -1.45. The van der Waals surface area contributed by atoms with Gasteiger partial charge in [-0.05, 0) is 11.5 Å². The van der Waals surface area contributed by atoms with Gasteiger partial charge in [0, 0.05) is 12.7 Å². The third-order valence-electron chi connectivity index (χ3n) is 1.94. The zero-order chi connectivity index (χ0) is 10.2. The molecule has 0 aliphatic rings. The van der Waals surface area contributed by atoms with E-state index in [4.69, 9.17) is 0 Å². The Labute approximate surface area is 83.0 Å². The van der Waals surface area contributed by atoms with Crippen LogP contribution in [0.1, 0.15) is 20.8 Å². The third-order valence-corrected chi connectivity index (χ3v) is 1.94. The Morgan fingerprint density at radius 3 is 2.86 bits per heavy atom. The first-order chi connectivity index (χ1) is 6.56. The van der Waals surface area contributed by atoms with Gasteiger partial charge in [0.1, 0.15) is 5.52 Å². The Bertz CT molecular complexity index is 439. The molecule has 2 aromatic rings. The summed E-state index contributed by atoms with van der Waals surface area (Å²) in [7, 11) is 0. The molecule has 74 valence electrons. The van der Waals surface area contributed by atoms with Gasteiger partial charge in [0.15, 0.2) is 0 Å². The minimum absolute atomic E-state index is 0.212. The molecule has 4 heteroatoms. The van der Waals surface area contributed by atoms with Crippen LogP contribution in [0, 0.1) is 5.41 Å². The highest BCUT2D eigenvalue weighted by atomic mass is 15.4. The fourth-order valence-corrected chi connectivity index (χ4v) is 1.39. The van der Waals surface area contributed by atoms with Crippen LogP contribution in [0.2, 0.25) is 0 Å². The maximum atomic E-state index is 4.11. The highest BCUT2D eigenvalue weighted by molar-refractivity contribution is 5.72. The summed E-state index contributed by atoms with van der Waals surface area (Å²) in [4.78, 5) is 4.01. The van der Waals surface area contributed by atoms with Gasteiger partial charge in [0.25, 0.3) is 0 Å². The topological polar surface area (TPSA) is 43.6 Å². The summed E-state index contributed by atoms with van der Waals surface area (Å²) in [6, 6.07) is 1.95. The predicted octanol–water partition coefficient (Wildman–Crippen LogP) is 1.87. The number of nitrogens with zero attached hydrogens (tertiary/aromatic N) is 4. The second-order valence-electron chi connectivity index (χ2n) is 4.67. The number of rotatable bonds is 1. The SMILES string of the molecule is CC(C)(C)Cn1nnc2cnccc21. The van der Waals surface area contributed by atoms with Crippen LogP contribution >= 0.6 is 0 Å². The molecular formula is C10H14N4. The molecule has 0 aliphatic heterocycles. The predicted molar refractivity (Wildman–Crippen MR) is 54.8 cm³/mol. The zero-order valence-electron chi connectivity index (χ0n) is 8.73. The smallest absolute Gasteiger partial charge is 0.131 e. The molecule has 4 nitrogen and oxygen atoms in total. The summed E-state index contributed by atoms with van der Waals surface area (Å²) in [5.74, 6) is 0. The number of hydrogen-bond acceptors (Lipinski definition) is 3. The molecule has 2 rings (SSSR count). The summed E-state index contributed by atoms with van der Waals surface area (Å²) in [6.45, 7) is 7.42. The molecule has 0 fully saturated rings. The summed E-state index contributed by atoms with van der Waals surface area (Å²) < 4.78 is 1.93. The summed E-state index contributed by atoms with van der Waals surface area (Å²) in [5, 5.41) is 8.16. The van der Waals surface area contributed by atoms with Crippen molar-refractivity contribution in [3.63, 3.8) is 0 Å². The molecule has 0 amide bonds. The molecule has 0 unspecified atom stereocenters. The molecule has 14 heavy (non-hydrogen) atoms. The van der Waals surface area contributed by atoms with Crippen molar-refractivity contribution in [1.82, 2.24) is 20.0 Å². The van der Waals surface area contributed by atoms with Crippen LogP contribution in [0.15, 0.2) is 18.5 Å². The lowest BCUT2D eigenvalue weighted by molar-refractivity contribution is 0.327. The van der Waals surface area contributed by atoms with Crippen LogP contribution in [0.4, 0.5) is 0 Å². The van der Waals surface area contributed by atoms with Crippen LogP contribution in [0.3, 0.4) is 0 Å². The zero-order valence-corrected chi connectivity index (χ0v) is 8.73. The molecule has 0 radical (unpaired) electrons. The Morgan fingerprint density at radius 2 is 2.14 bits per heavy atom. The first-order valence-electron chi connectivity index (χ1n) is 4.69. The van der Waals surface area contributed by atoms with E-state index < -0.39 is 0 Å². The van der Waals surface area contributed by atoms with Gasteiger partial charge in [-0.2, -0.15) is 0 Å². The molecule has 0 aromatic carbocycles. The Balaban J connectivity index is 2.44. The number of aromatic nitrogens is 4. The summed E-state index contributed by atoms with van der Waals surface area (Å²) >= 11 is 0. The standard InChI is InChI=1S/C10H14N4/c1-10(2,3)7-14-9-4-5-11-6-8(9)12-13-14/h4-6H,7H2,1-3H3. The highest BCUT2D eigenvalue weighted by Gasteiger charge is 2.14. The van der Waals surface area contributed by atoms with Crippen molar-refractivity contribution in [1.29, 1.82) is 0 Å². The molecule has 0 saturated heterocycles. The minimum atomic E-state index is 0.212. The van der Waals surface area contributed by atoms with Crippen molar-refractivity contribution in [3.8, 4) is 0 Å². The third kappa shape index (κ3) is 1.73. The highest BCUT2D eigenvalue weighted by Crippen LogP contribution is 2.18. The van der Waals surface area contributed by atoms with Crippen molar-refractivity contribution < 1.29 is 0 Å². The van der Waals surface area contributed by atoms with E-state index in [1.54, 1.807) is 12.4 Å². The number of fused-ring (bicyclic) bond motifs is 1. The van der Waals surface area contributed by atoms with Crippen molar-refractivity contribution in [3.05, 3.63) is 18.5 Å². The molecule has 0 atom stereocenters. The monoisotopic (exact) mass is 190 g/mol. The van der Waals surface area contributed by atoms with Crippen LogP contribution in [0.25, 0.3) is 11.0 Å². The molecule has 0 N–H and O–H groups in total. The fraction of sp³-hybridized carbons (Fsp3) is 0.500. The van der Waals surface area contributed by atoms with Crippen LogP contribution in [-0.4, -0.2) is 20.0 Å². The van der Waals surface area contributed by atoms with E-state index in [0.717, 1.165) is 17.6 Å². The molecule has 0 spiro atoms. The number of hydrogen-bond donors (Lipinski definition) is 0. The minimum Gasteiger partial charge on any atom is -0.262 e. The van der Waals surface area contributed by atoms with Crippen molar-refractivity contribution >= 4 is 11.0 Å². The van der Waals surface area contributed by atoms with E-state index in [2.05, 4.69) is 36.1 Å². The van der Waals surface area contributed by atoms with Crippen molar-refractivity contribution in [2.45, 2.75) is 27.3 Å². The molecule has 0 aliphatic carbocycles. The lowest BCUT2D eigenvalue weighted by Crippen LogP contribution is -2.16. The Morgan fingerprint density at radius 1 is 1.36 bits per heavy atom. The second kappa shape index (κ2) is 3.04. The molecule has 2 heterocycles. The van der Waals surface area contributed by atoms with E-state index >= 15 is 0 Å². The van der Waals surface area contributed by atoms with Crippen LogP contribution in [0.5, 0.6) is 0 Å². The fourth-order valence-electron chi connectivity index (χ4n) is 1.39. The largest absolute Gasteiger partial charge is 0.262 e. The van der Waals surface area contributed by atoms with E-state index in [1.165, 1.54) is 0 Å². The molecular weight excluding hydrogens is 176 g/mol. The summed E-state index contributed by atoms with van der Waals surface area (Å²) in [5.41, 5.74) is 2.12. The average Bonchev–Trinajstić information content (AvgIpc) is 2.47. The number of pyridine rings is 1. The average molecular weight is 190 g/mol. The van der Waals surface area contributed by atoms with E-state index in [-0.39, 0.29) is 5.41 Å². The van der Waals surface area contributed by atoms with Crippen molar-refractivity contribution in [2.75, 3.05) is 0 Å². The quantitative estimate of drug-likeness (QED) is 0.689. The van der Waals surface area contributed by atoms with Crippen LogP contribution < -0.4 is 0 Å². The lowest BCUT2D eigenvalue weighted by Gasteiger charge is -2.17. The van der Waals surface area contributed by atoms with Gasteiger partial charge in [-0.1, -0.05) is 26.0 Å². The maximum absolute atomic E-state index is 4.11. The van der Waals surface area contributed by atoms with E-state index in [1.807, 2.05) is 10.7 Å². The van der Waals surface area contributed by atoms with E-state index in [0.29, 0.717) is 0 Å². The van der Waals surface area contributed by atoms with E-state index in [9.17, 15) is 0 Å².